The molecule has 29 heavy (non-hydrogen) atoms. The zero-order valence-corrected chi connectivity index (χ0v) is 18.7. The molecule has 1 aliphatic carbocycles. The lowest BCUT2D eigenvalue weighted by Crippen LogP contribution is -2.30. The van der Waals surface area contributed by atoms with E-state index < -0.39 is 6.10 Å². The zero-order valence-electron chi connectivity index (χ0n) is 17.1. The van der Waals surface area contributed by atoms with E-state index in [4.69, 9.17) is 21.1 Å². The standard InChI is InChI=1S/C22H26ClNO4S/c1-5-27-22(26)19-16-8-6-12(2)10-18(16)29-21(19)24-20(25)14(4)28-17-9-7-15(23)11-13(17)3/h7,9,11-12,14H,5-6,8,10H2,1-4H3,(H,24,25)/t12-,14+/m0/s1. The molecular weight excluding hydrogens is 410 g/mol. The predicted molar refractivity (Wildman–Crippen MR) is 116 cm³/mol. The Labute approximate surface area is 180 Å². The number of rotatable bonds is 6. The number of benzene rings is 1. The molecular formula is C22H26ClNO4S. The van der Waals surface area contributed by atoms with Crippen LogP contribution in [0, 0.1) is 12.8 Å². The number of amides is 1. The van der Waals surface area contributed by atoms with Crippen molar-refractivity contribution in [3.05, 3.63) is 44.8 Å². The van der Waals surface area contributed by atoms with Crippen LogP contribution in [-0.4, -0.2) is 24.6 Å². The van der Waals surface area contributed by atoms with E-state index in [1.807, 2.05) is 6.92 Å². The molecule has 0 saturated heterocycles. The molecule has 0 aliphatic heterocycles. The predicted octanol–water partition coefficient (Wildman–Crippen LogP) is 5.42. The Hall–Kier alpha value is -2.05. The van der Waals surface area contributed by atoms with E-state index >= 15 is 0 Å². The lowest BCUT2D eigenvalue weighted by atomic mass is 9.88. The van der Waals surface area contributed by atoms with Gasteiger partial charge in [-0.2, -0.15) is 0 Å². The number of hydrogen-bond acceptors (Lipinski definition) is 5. The van der Waals surface area contributed by atoms with Gasteiger partial charge in [0.15, 0.2) is 6.10 Å². The fraction of sp³-hybridized carbons (Fsp3) is 0.455. The van der Waals surface area contributed by atoms with Crippen molar-refractivity contribution in [3.8, 4) is 5.75 Å². The minimum atomic E-state index is -0.733. The molecule has 0 fully saturated rings. The van der Waals surface area contributed by atoms with Crippen molar-refractivity contribution in [3.63, 3.8) is 0 Å². The van der Waals surface area contributed by atoms with Gasteiger partial charge in [0.05, 0.1) is 12.2 Å². The normalized spacial score (nSPS) is 16.7. The lowest BCUT2D eigenvalue weighted by Gasteiger charge is -2.18. The summed E-state index contributed by atoms with van der Waals surface area (Å²) in [6.45, 7) is 7.83. The summed E-state index contributed by atoms with van der Waals surface area (Å²) in [6, 6.07) is 5.26. The Morgan fingerprint density at radius 1 is 1.38 bits per heavy atom. The molecule has 1 aromatic heterocycles. The molecule has 1 amide bonds. The van der Waals surface area contributed by atoms with Crippen molar-refractivity contribution in [1.29, 1.82) is 0 Å². The summed E-state index contributed by atoms with van der Waals surface area (Å²) in [4.78, 5) is 26.5. The average molecular weight is 436 g/mol. The third-order valence-corrected chi connectivity index (χ3v) is 6.44. The number of halogens is 1. The van der Waals surface area contributed by atoms with E-state index in [1.54, 1.807) is 32.0 Å². The summed E-state index contributed by atoms with van der Waals surface area (Å²) < 4.78 is 11.1. The van der Waals surface area contributed by atoms with Crippen LogP contribution in [0.4, 0.5) is 5.00 Å². The largest absolute Gasteiger partial charge is 0.481 e. The Morgan fingerprint density at radius 3 is 2.83 bits per heavy atom. The summed E-state index contributed by atoms with van der Waals surface area (Å²) in [5.41, 5.74) is 2.37. The first-order valence-corrected chi connectivity index (χ1v) is 11.0. The van der Waals surface area contributed by atoms with E-state index in [-0.39, 0.29) is 11.9 Å². The Morgan fingerprint density at radius 2 is 2.14 bits per heavy atom. The van der Waals surface area contributed by atoms with Crippen LogP contribution in [0.2, 0.25) is 5.02 Å². The van der Waals surface area contributed by atoms with Crippen LogP contribution < -0.4 is 10.1 Å². The molecule has 0 unspecified atom stereocenters. The molecule has 3 rings (SSSR count). The molecule has 1 aliphatic rings. The topological polar surface area (TPSA) is 64.6 Å². The minimum absolute atomic E-state index is 0.294. The molecule has 5 nitrogen and oxygen atoms in total. The van der Waals surface area contributed by atoms with E-state index in [0.717, 1.165) is 35.3 Å². The summed E-state index contributed by atoms with van der Waals surface area (Å²) in [6.07, 6.45) is 2.03. The van der Waals surface area contributed by atoms with Gasteiger partial charge in [0.1, 0.15) is 10.8 Å². The summed E-state index contributed by atoms with van der Waals surface area (Å²) >= 11 is 7.45. The highest BCUT2D eigenvalue weighted by Gasteiger charge is 2.30. The average Bonchev–Trinajstić information content (AvgIpc) is 3.00. The number of carbonyl (C=O) groups excluding carboxylic acids is 2. The smallest absolute Gasteiger partial charge is 0.341 e. The molecule has 2 atom stereocenters. The molecule has 0 saturated carbocycles. The number of anilines is 1. The number of thiophene rings is 1. The number of ether oxygens (including phenoxy) is 2. The van der Waals surface area contributed by atoms with Gasteiger partial charge in [-0.15, -0.1) is 11.3 Å². The Balaban J connectivity index is 1.81. The fourth-order valence-electron chi connectivity index (χ4n) is 3.46. The number of esters is 1. The molecule has 1 aromatic carbocycles. The van der Waals surface area contributed by atoms with Gasteiger partial charge in [-0.05, 0) is 75.3 Å². The summed E-state index contributed by atoms with van der Waals surface area (Å²) in [5.74, 6) is 0.477. The van der Waals surface area contributed by atoms with E-state index in [1.165, 1.54) is 11.3 Å². The van der Waals surface area contributed by atoms with E-state index in [0.29, 0.717) is 33.9 Å². The molecule has 0 bridgehead atoms. The molecule has 0 spiro atoms. The summed E-state index contributed by atoms with van der Waals surface area (Å²) in [5, 5.41) is 4.07. The van der Waals surface area contributed by atoms with Crippen LogP contribution in [0.3, 0.4) is 0 Å². The number of carbonyl (C=O) groups is 2. The van der Waals surface area contributed by atoms with Crippen molar-refractivity contribution in [2.24, 2.45) is 5.92 Å². The maximum atomic E-state index is 12.8. The van der Waals surface area contributed by atoms with Crippen LogP contribution in [0.25, 0.3) is 0 Å². The second-order valence-electron chi connectivity index (χ2n) is 7.44. The fourth-order valence-corrected chi connectivity index (χ4v) is 5.09. The third-order valence-electron chi connectivity index (χ3n) is 5.04. The monoisotopic (exact) mass is 435 g/mol. The quantitative estimate of drug-likeness (QED) is 0.615. The molecule has 1 N–H and O–H groups in total. The van der Waals surface area contributed by atoms with Crippen LogP contribution in [0.1, 0.15) is 53.6 Å². The number of aryl methyl sites for hydroxylation is 1. The van der Waals surface area contributed by atoms with Gasteiger partial charge in [0.25, 0.3) is 5.91 Å². The first kappa shape index (κ1) is 21.7. The van der Waals surface area contributed by atoms with E-state index in [2.05, 4.69) is 12.2 Å². The van der Waals surface area contributed by atoms with Crippen molar-refractivity contribution < 1.29 is 19.1 Å². The number of hydrogen-bond donors (Lipinski definition) is 1. The second-order valence-corrected chi connectivity index (χ2v) is 8.98. The van der Waals surface area contributed by atoms with E-state index in [9.17, 15) is 9.59 Å². The van der Waals surface area contributed by atoms with Crippen LogP contribution in [0.15, 0.2) is 18.2 Å². The Kier molecular flexibility index (Phi) is 6.85. The van der Waals surface area contributed by atoms with Gasteiger partial charge < -0.3 is 14.8 Å². The van der Waals surface area contributed by atoms with Crippen LogP contribution >= 0.6 is 22.9 Å². The van der Waals surface area contributed by atoms with Gasteiger partial charge in [-0.25, -0.2) is 4.79 Å². The second kappa shape index (κ2) is 9.18. The molecule has 0 radical (unpaired) electrons. The number of fused-ring (bicyclic) bond motifs is 1. The highest BCUT2D eigenvalue weighted by atomic mass is 35.5. The first-order chi connectivity index (χ1) is 13.8. The van der Waals surface area contributed by atoms with Gasteiger partial charge >= 0.3 is 5.97 Å². The molecule has 1 heterocycles. The SMILES string of the molecule is CCOC(=O)c1c(NC(=O)[C@@H](C)Oc2ccc(Cl)cc2C)sc2c1CC[C@H](C)C2. The summed E-state index contributed by atoms with van der Waals surface area (Å²) in [7, 11) is 0. The van der Waals surface area contributed by atoms with Crippen LogP contribution in [0.5, 0.6) is 5.75 Å². The van der Waals surface area contributed by atoms with Gasteiger partial charge in [-0.3, -0.25) is 4.79 Å². The maximum Gasteiger partial charge on any atom is 0.341 e. The molecule has 2 aromatic rings. The zero-order chi connectivity index (χ0) is 21.1. The molecule has 7 heteroatoms. The van der Waals surface area contributed by atoms with Crippen molar-refractivity contribution in [2.75, 3.05) is 11.9 Å². The molecule has 156 valence electrons. The highest BCUT2D eigenvalue weighted by molar-refractivity contribution is 7.17. The number of nitrogens with one attached hydrogen (secondary N) is 1. The van der Waals surface area contributed by atoms with Gasteiger partial charge in [0, 0.05) is 9.90 Å². The maximum absolute atomic E-state index is 12.8. The van der Waals surface area contributed by atoms with Gasteiger partial charge in [-0.1, -0.05) is 18.5 Å². The lowest BCUT2D eigenvalue weighted by molar-refractivity contribution is -0.122. The third kappa shape index (κ3) is 4.93. The van der Waals surface area contributed by atoms with Gasteiger partial charge in [0.2, 0.25) is 0 Å². The Bertz CT molecular complexity index is 924. The van der Waals surface area contributed by atoms with Crippen LogP contribution in [-0.2, 0) is 22.4 Å². The minimum Gasteiger partial charge on any atom is -0.481 e. The van der Waals surface area contributed by atoms with Crippen molar-refractivity contribution >= 4 is 39.8 Å². The van der Waals surface area contributed by atoms with Crippen molar-refractivity contribution in [2.45, 2.75) is 53.1 Å². The first-order valence-electron chi connectivity index (χ1n) is 9.85. The highest BCUT2D eigenvalue weighted by Crippen LogP contribution is 2.40. The van der Waals surface area contributed by atoms with Crippen molar-refractivity contribution in [1.82, 2.24) is 0 Å².